The van der Waals surface area contributed by atoms with E-state index in [1.165, 1.54) is 0 Å². The van der Waals surface area contributed by atoms with Crippen molar-refractivity contribution < 1.29 is 18.0 Å². The highest BCUT2D eigenvalue weighted by Gasteiger charge is 2.32. The largest absolute Gasteiger partial charge is 0.333 e. The molecule has 0 aliphatic heterocycles. The average Bonchev–Trinajstić information content (AvgIpc) is 3.02. The van der Waals surface area contributed by atoms with Crippen LogP contribution in [0.5, 0.6) is 0 Å². The number of hydrogen-bond acceptors (Lipinski definition) is 3. The van der Waals surface area contributed by atoms with Crippen LogP contribution in [0.4, 0.5) is 13.2 Å². The molecule has 2 aromatic carbocycles. The number of rotatable bonds is 3. The molecular formula is C26H23F3N4O. The summed E-state index contributed by atoms with van der Waals surface area (Å²) in [5.74, 6) is -4.12. The van der Waals surface area contributed by atoms with Gasteiger partial charge in [0.1, 0.15) is 0 Å². The molecule has 2 heterocycles. The lowest BCUT2D eigenvalue weighted by molar-refractivity contribution is 0.0718. The van der Waals surface area contributed by atoms with Crippen molar-refractivity contribution in [2.24, 2.45) is 7.05 Å². The summed E-state index contributed by atoms with van der Waals surface area (Å²) in [5, 5.41) is 5.55. The number of benzene rings is 2. The van der Waals surface area contributed by atoms with Crippen LogP contribution >= 0.6 is 0 Å². The van der Waals surface area contributed by atoms with Crippen LogP contribution in [-0.4, -0.2) is 32.6 Å². The Balaban J connectivity index is 1.54. The first-order chi connectivity index (χ1) is 16.3. The predicted octanol–water partition coefficient (Wildman–Crippen LogP) is 5.59. The zero-order valence-corrected chi connectivity index (χ0v) is 18.9. The lowest BCUT2D eigenvalue weighted by atomic mass is 9.99. The second-order valence-corrected chi connectivity index (χ2v) is 8.68. The first-order valence-corrected chi connectivity index (χ1v) is 11.2. The van der Waals surface area contributed by atoms with Gasteiger partial charge in [-0.1, -0.05) is 12.5 Å². The van der Waals surface area contributed by atoms with E-state index in [0.29, 0.717) is 29.8 Å². The molecule has 1 amide bonds. The van der Waals surface area contributed by atoms with Crippen molar-refractivity contribution in [2.75, 3.05) is 7.05 Å². The van der Waals surface area contributed by atoms with Gasteiger partial charge < -0.3 is 4.90 Å². The minimum Gasteiger partial charge on any atom is -0.333 e. The molecule has 2 aromatic heterocycles. The molecule has 0 bridgehead atoms. The van der Waals surface area contributed by atoms with Gasteiger partial charge in [0.15, 0.2) is 17.5 Å². The van der Waals surface area contributed by atoms with E-state index in [-0.39, 0.29) is 17.5 Å². The fraction of sp³-hybridized carbons (Fsp3) is 0.269. The molecule has 1 aliphatic rings. The minimum atomic E-state index is -1.49. The first-order valence-electron chi connectivity index (χ1n) is 11.2. The molecule has 1 unspecified atom stereocenters. The van der Waals surface area contributed by atoms with E-state index in [4.69, 9.17) is 0 Å². The smallest absolute Gasteiger partial charge is 0.254 e. The van der Waals surface area contributed by atoms with Crippen LogP contribution in [0.2, 0.25) is 0 Å². The molecule has 1 atom stereocenters. The molecule has 5 rings (SSSR count). The fourth-order valence-corrected chi connectivity index (χ4v) is 4.86. The Hall–Kier alpha value is -3.68. The number of fused-ring (bicyclic) bond motifs is 2. The monoisotopic (exact) mass is 464 g/mol. The average molecular weight is 464 g/mol. The number of halogens is 3. The third-order valence-electron chi connectivity index (χ3n) is 6.54. The van der Waals surface area contributed by atoms with Crippen LogP contribution in [0.1, 0.15) is 46.9 Å². The summed E-state index contributed by atoms with van der Waals surface area (Å²) in [7, 11) is 3.44. The quantitative estimate of drug-likeness (QED) is 0.293. The maximum absolute atomic E-state index is 14.0. The van der Waals surface area contributed by atoms with Gasteiger partial charge in [-0.25, -0.2) is 13.2 Å². The number of nitrogens with zero attached hydrogens (tertiary/aromatic N) is 4. The van der Waals surface area contributed by atoms with Gasteiger partial charge in [0, 0.05) is 42.4 Å². The van der Waals surface area contributed by atoms with Crippen LogP contribution in [-0.2, 0) is 13.5 Å². The van der Waals surface area contributed by atoms with Gasteiger partial charge in [0.25, 0.3) is 5.91 Å². The SMILES string of the molecule is CN(C(=O)c1ccc2ncccc2c1)C1CCCCc2c1nn(C)c2-c1cc(F)c(F)c(F)c1. The normalized spacial score (nSPS) is 15.7. The number of carbonyl (C=O) groups excluding carboxylic acids is 1. The van der Waals surface area contributed by atoms with Gasteiger partial charge >= 0.3 is 0 Å². The van der Waals surface area contributed by atoms with Crippen LogP contribution in [0.25, 0.3) is 22.2 Å². The molecule has 0 N–H and O–H groups in total. The van der Waals surface area contributed by atoms with E-state index >= 15 is 0 Å². The van der Waals surface area contributed by atoms with Crippen molar-refractivity contribution in [3.63, 3.8) is 0 Å². The molecule has 0 saturated heterocycles. The highest BCUT2D eigenvalue weighted by atomic mass is 19.2. The Labute approximate surface area is 194 Å². The summed E-state index contributed by atoms with van der Waals surface area (Å²) in [6.07, 6.45) is 4.79. The van der Waals surface area contributed by atoms with Gasteiger partial charge in [0.2, 0.25) is 0 Å². The summed E-state index contributed by atoms with van der Waals surface area (Å²) >= 11 is 0. The van der Waals surface area contributed by atoms with Gasteiger partial charge in [-0.2, -0.15) is 5.10 Å². The topological polar surface area (TPSA) is 51.0 Å². The highest BCUT2D eigenvalue weighted by molar-refractivity contribution is 5.98. The lowest BCUT2D eigenvalue weighted by Crippen LogP contribution is -2.31. The molecule has 0 radical (unpaired) electrons. The van der Waals surface area contributed by atoms with Crippen LogP contribution in [0.3, 0.4) is 0 Å². The summed E-state index contributed by atoms with van der Waals surface area (Å²) < 4.78 is 43.1. The zero-order valence-electron chi connectivity index (χ0n) is 18.9. The van der Waals surface area contributed by atoms with Crippen molar-refractivity contribution >= 4 is 16.8 Å². The molecule has 0 spiro atoms. The number of amides is 1. The number of pyridine rings is 1. The van der Waals surface area contributed by atoms with Crippen LogP contribution < -0.4 is 0 Å². The van der Waals surface area contributed by atoms with Crippen LogP contribution in [0, 0.1) is 17.5 Å². The summed E-state index contributed by atoms with van der Waals surface area (Å²) in [6.45, 7) is 0. The van der Waals surface area contributed by atoms with Crippen molar-refractivity contribution in [3.8, 4) is 11.3 Å². The summed E-state index contributed by atoms with van der Waals surface area (Å²) in [5.41, 5.74) is 3.66. The fourth-order valence-electron chi connectivity index (χ4n) is 4.86. The number of carbonyl (C=O) groups is 1. The minimum absolute atomic E-state index is 0.144. The lowest BCUT2D eigenvalue weighted by Gasteiger charge is -2.27. The van der Waals surface area contributed by atoms with E-state index in [2.05, 4.69) is 10.1 Å². The Bertz CT molecular complexity index is 1390. The number of aryl methyl sites for hydroxylation is 1. The van der Waals surface area contributed by atoms with Gasteiger partial charge in [-0.05, 0) is 55.7 Å². The van der Waals surface area contributed by atoms with E-state index in [0.717, 1.165) is 41.4 Å². The third-order valence-corrected chi connectivity index (χ3v) is 6.54. The van der Waals surface area contributed by atoms with E-state index < -0.39 is 17.5 Å². The number of aromatic nitrogens is 3. The Kier molecular flexibility index (Phi) is 5.59. The molecular weight excluding hydrogens is 441 g/mol. The van der Waals surface area contributed by atoms with Crippen molar-refractivity contribution in [1.82, 2.24) is 19.7 Å². The molecule has 8 heteroatoms. The third kappa shape index (κ3) is 3.73. The summed E-state index contributed by atoms with van der Waals surface area (Å²) in [6, 6.07) is 10.8. The molecule has 34 heavy (non-hydrogen) atoms. The van der Waals surface area contributed by atoms with Gasteiger partial charge in [-0.3, -0.25) is 14.5 Å². The second kappa shape index (κ2) is 8.59. The number of hydrogen-bond donors (Lipinski definition) is 0. The molecule has 1 aliphatic carbocycles. The standard InChI is InChI=1S/C26H23F3N4O/c1-32(26(34)16-9-10-21-15(12-16)6-5-11-30-21)22-8-4-3-7-18-24(22)31-33(2)25(18)17-13-19(27)23(29)20(28)14-17/h5-6,9-14,22H,3-4,7-8H2,1-2H3. The van der Waals surface area contributed by atoms with Crippen LogP contribution in [0.15, 0.2) is 48.7 Å². The molecule has 4 aromatic rings. The predicted molar refractivity (Wildman–Crippen MR) is 123 cm³/mol. The van der Waals surface area contributed by atoms with E-state index in [1.807, 2.05) is 24.3 Å². The van der Waals surface area contributed by atoms with E-state index in [1.54, 1.807) is 35.9 Å². The van der Waals surface area contributed by atoms with Crippen molar-refractivity contribution in [3.05, 3.63) is 82.9 Å². The Morgan fingerprint density at radius 2 is 1.85 bits per heavy atom. The maximum atomic E-state index is 14.0. The second-order valence-electron chi connectivity index (χ2n) is 8.68. The maximum Gasteiger partial charge on any atom is 0.254 e. The molecule has 174 valence electrons. The van der Waals surface area contributed by atoms with Gasteiger partial charge in [0.05, 0.1) is 22.9 Å². The molecule has 0 fully saturated rings. The Morgan fingerprint density at radius 3 is 2.62 bits per heavy atom. The van der Waals surface area contributed by atoms with Gasteiger partial charge in [-0.15, -0.1) is 0 Å². The molecule has 5 nitrogen and oxygen atoms in total. The van der Waals surface area contributed by atoms with Crippen molar-refractivity contribution in [2.45, 2.75) is 31.7 Å². The first kappa shape index (κ1) is 22.1. The highest BCUT2D eigenvalue weighted by Crippen LogP contribution is 2.38. The summed E-state index contributed by atoms with van der Waals surface area (Å²) in [4.78, 5) is 19.4. The zero-order chi connectivity index (χ0) is 24.0. The Morgan fingerprint density at radius 1 is 1.09 bits per heavy atom. The van der Waals surface area contributed by atoms with Crippen molar-refractivity contribution in [1.29, 1.82) is 0 Å². The van der Waals surface area contributed by atoms with E-state index in [9.17, 15) is 18.0 Å². The molecule has 0 saturated carbocycles.